The van der Waals surface area contributed by atoms with Crippen molar-refractivity contribution in [2.75, 3.05) is 57.9 Å². The van der Waals surface area contributed by atoms with Crippen LogP contribution in [-0.4, -0.2) is 97.1 Å². The van der Waals surface area contributed by atoms with Gasteiger partial charge in [-0.1, -0.05) is 12.1 Å². The predicted molar refractivity (Wildman–Crippen MR) is 137 cm³/mol. The van der Waals surface area contributed by atoms with Gasteiger partial charge < -0.3 is 29.5 Å². The van der Waals surface area contributed by atoms with Crippen LogP contribution in [0.1, 0.15) is 26.7 Å². The number of methoxy groups -OCH3 is 1. The summed E-state index contributed by atoms with van der Waals surface area (Å²) in [7, 11) is 1.64. The van der Waals surface area contributed by atoms with Gasteiger partial charge in [0.1, 0.15) is 12.3 Å². The van der Waals surface area contributed by atoms with Gasteiger partial charge in [-0.25, -0.2) is 4.79 Å². The van der Waals surface area contributed by atoms with Crippen LogP contribution >= 0.6 is 0 Å². The summed E-state index contributed by atoms with van der Waals surface area (Å²) in [5.41, 5.74) is 1.72. The number of hydrogen-bond acceptors (Lipinski definition) is 7. The number of nitrogens with zero attached hydrogens (tertiary/aromatic N) is 5. The first kappa shape index (κ1) is 25.7. The fraction of sp³-hybridized carbons (Fsp3) is 0.538. The number of anilines is 1. The monoisotopic (exact) mass is 496 g/mol. The first-order valence-corrected chi connectivity index (χ1v) is 12.6. The third-order valence-corrected chi connectivity index (χ3v) is 6.45. The summed E-state index contributed by atoms with van der Waals surface area (Å²) in [5.74, 6) is 1.51. The summed E-state index contributed by atoms with van der Waals surface area (Å²) in [6.07, 6.45) is 1.89. The quantitative estimate of drug-likeness (QED) is 0.599. The standard InChI is InChI=1S/C26H36N6O4/c1-19(2)27-26(34)32(17-22-8-5-15-36-22)18-25(33)31-13-11-30(12-14-31)24-10-9-23(28-29-24)20-6-4-7-21(16-20)35-3/h4,6-7,9-10,16,19,22H,5,8,11-15,17-18H2,1-3H3,(H,27,34). The number of urea groups is 1. The molecule has 0 bridgehead atoms. The number of carbonyl (C=O) groups excluding carboxylic acids is 2. The van der Waals surface area contributed by atoms with Crippen molar-refractivity contribution >= 4 is 17.8 Å². The molecule has 2 aliphatic heterocycles. The normalized spacial score (nSPS) is 17.8. The van der Waals surface area contributed by atoms with Gasteiger partial charge in [0.15, 0.2) is 5.82 Å². The molecule has 194 valence electrons. The topological polar surface area (TPSA) is 100 Å². The summed E-state index contributed by atoms with van der Waals surface area (Å²) in [5, 5.41) is 11.7. The molecule has 4 rings (SSSR count). The second kappa shape index (κ2) is 12.0. The minimum absolute atomic E-state index is 0.000406. The van der Waals surface area contributed by atoms with E-state index < -0.39 is 0 Å². The van der Waals surface area contributed by atoms with E-state index in [1.165, 1.54) is 0 Å². The molecule has 0 spiro atoms. The zero-order valence-electron chi connectivity index (χ0n) is 21.4. The fourth-order valence-corrected chi connectivity index (χ4v) is 4.47. The fourth-order valence-electron chi connectivity index (χ4n) is 4.47. The number of rotatable bonds is 8. The van der Waals surface area contributed by atoms with E-state index in [9.17, 15) is 9.59 Å². The van der Waals surface area contributed by atoms with Gasteiger partial charge in [-0.05, 0) is 51.0 Å². The van der Waals surface area contributed by atoms with Crippen LogP contribution in [0.5, 0.6) is 5.75 Å². The zero-order valence-corrected chi connectivity index (χ0v) is 21.4. The minimum Gasteiger partial charge on any atom is -0.497 e. The van der Waals surface area contributed by atoms with E-state index in [0.717, 1.165) is 35.7 Å². The van der Waals surface area contributed by atoms with Crippen molar-refractivity contribution in [1.82, 2.24) is 25.3 Å². The lowest BCUT2D eigenvalue weighted by molar-refractivity contribution is -0.132. The average Bonchev–Trinajstić information content (AvgIpc) is 3.41. The number of nitrogens with one attached hydrogen (secondary N) is 1. The maximum Gasteiger partial charge on any atom is 0.318 e. The Kier molecular flexibility index (Phi) is 8.58. The largest absolute Gasteiger partial charge is 0.497 e. The Morgan fingerprint density at radius 3 is 2.61 bits per heavy atom. The molecule has 0 radical (unpaired) electrons. The Bertz CT molecular complexity index is 1020. The Morgan fingerprint density at radius 2 is 1.97 bits per heavy atom. The number of amides is 3. The molecule has 10 nitrogen and oxygen atoms in total. The van der Waals surface area contributed by atoms with Crippen LogP contribution in [0, 0.1) is 0 Å². The molecule has 36 heavy (non-hydrogen) atoms. The van der Waals surface area contributed by atoms with Crippen LogP contribution in [-0.2, 0) is 9.53 Å². The molecule has 0 saturated carbocycles. The van der Waals surface area contributed by atoms with Crippen molar-refractivity contribution in [3.8, 4) is 17.0 Å². The van der Waals surface area contributed by atoms with Crippen LogP contribution in [0.25, 0.3) is 11.3 Å². The Labute approximate surface area is 212 Å². The van der Waals surface area contributed by atoms with Crippen molar-refractivity contribution in [3.05, 3.63) is 36.4 Å². The van der Waals surface area contributed by atoms with Crippen LogP contribution in [0.15, 0.2) is 36.4 Å². The number of ether oxygens (including phenoxy) is 2. The summed E-state index contributed by atoms with van der Waals surface area (Å²) in [6, 6.07) is 11.4. The second-order valence-electron chi connectivity index (χ2n) is 9.50. The third-order valence-electron chi connectivity index (χ3n) is 6.45. The molecular formula is C26H36N6O4. The van der Waals surface area contributed by atoms with Gasteiger partial charge in [-0.3, -0.25) is 4.79 Å². The Hall–Kier alpha value is -3.40. The van der Waals surface area contributed by atoms with Crippen molar-refractivity contribution in [3.63, 3.8) is 0 Å². The summed E-state index contributed by atoms with van der Waals surface area (Å²) in [6.45, 7) is 7.46. The maximum absolute atomic E-state index is 13.1. The lowest BCUT2D eigenvalue weighted by Gasteiger charge is -2.36. The maximum atomic E-state index is 13.1. The van der Waals surface area contributed by atoms with Gasteiger partial charge in [0, 0.05) is 50.9 Å². The molecule has 2 aromatic rings. The highest BCUT2D eigenvalue weighted by atomic mass is 16.5. The Balaban J connectivity index is 1.32. The minimum atomic E-state index is -0.223. The number of piperazine rings is 1. The summed E-state index contributed by atoms with van der Waals surface area (Å²) in [4.78, 5) is 31.3. The molecule has 1 unspecified atom stereocenters. The van der Waals surface area contributed by atoms with Gasteiger partial charge in [0.2, 0.25) is 5.91 Å². The first-order valence-electron chi connectivity index (χ1n) is 12.6. The van der Waals surface area contributed by atoms with Gasteiger partial charge in [-0.2, -0.15) is 0 Å². The molecule has 3 heterocycles. The number of carbonyl (C=O) groups is 2. The van der Waals surface area contributed by atoms with Gasteiger partial charge in [0.25, 0.3) is 0 Å². The molecule has 1 aromatic carbocycles. The summed E-state index contributed by atoms with van der Waals surface area (Å²) < 4.78 is 11.0. The highest BCUT2D eigenvalue weighted by Crippen LogP contribution is 2.23. The molecular weight excluding hydrogens is 460 g/mol. The van der Waals surface area contributed by atoms with E-state index in [0.29, 0.717) is 39.3 Å². The SMILES string of the molecule is COc1cccc(-c2ccc(N3CCN(C(=O)CN(CC4CCCO4)C(=O)NC(C)C)CC3)nn2)c1. The van der Waals surface area contributed by atoms with E-state index in [2.05, 4.69) is 20.4 Å². The van der Waals surface area contributed by atoms with Crippen LogP contribution < -0.4 is 15.0 Å². The average molecular weight is 497 g/mol. The molecule has 1 N–H and O–H groups in total. The highest BCUT2D eigenvalue weighted by Gasteiger charge is 2.28. The molecule has 2 fully saturated rings. The number of benzene rings is 1. The number of hydrogen-bond donors (Lipinski definition) is 1. The van der Waals surface area contributed by atoms with Gasteiger partial charge >= 0.3 is 6.03 Å². The van der Waals surface area contributed by atoms with E-state index >= 15 is 0 Å². The Morgan fingerprint density at radius 1 is 1.17 bits per heavy atom. The highest BCUT2D eigenvalue weighted by molar-refractivity contribution is 5.84. The van der Waals surface area contributed by atoms with E-state index in [1.54, 1.807) is 12.0 Å². The van der Waals surface area contributed by atoms with E-state index in [1.807, 2.05) is 55.1 Å². The lowest BCUT2D eigenvalue weighted by atomic mass is 10.1. The van der Waals surface area contributed by atoms with Crippen molar-refractivity contribution in [2.24, 2.45) is 0 Å². The van der Waals surface area contributed by atoms with Gasteiger partial charge in [0.05, 0.1) is 18.9 Å². The van der Waals surface area contributed by atoms with Crippen molar-refractivity contribution in [2.45, 2.75) is 38.8 Å². The summed E-state index contributed by atoms with van der Waals surface area (Å²) >= 11 is 0. The van der Waals surface area contributed by atoms with Crippen LogP contribution in [0.2, 0.25) is 0 Å². The van der Waals surface area contributed by atoms with Crippen LogP contribution in [0.4, 0.5) is 10.6 Å². The molecule has 1 atom stereocenters. The number of aromatic nitrogens is 2. The first-order chi connectivity index (χ1) is 17.4. The third kappa shape index (κ3) is 6.63. The van der Waals surface area contributed by atoms with Crippen molar-refractivity contribution in [1.29, 1.82) is 0 Å². The molecule has 2 aliphatic rings. The zero-order chi connectivity index (χ0) is 25.5. The van der Waals surface area contributed by atoms with Crippen molar-refractivity contribution < 1.29 is 19.1 Å². The smallest absolute Gasteiger partial charge is 0.318 e. The second-order valence-corrected chi connectivity index (χ2v) is 9.50. The van der Waals surface area contributed by atoms with E-state index in [-0.39, 0.29) is 30.6 Å². The molecule has 10 heteroatoms. The van der Waals surface area contributed by atoms with Gasteiger partial charge in [-0.15, -0.1) is 10.2 Å². The molecule has 0 aliphatic carbocycles. The molecule has 1 aromatic heterocycles. The van der Waals surface area contributed by atoms with E-state index in [4.69, 9.17) is 9.47 Å². The van der Waals surface area contributed by atoms with Crippen LogP contribution in [0.3, 0.4) is 0 Å². The predicted octanol–water partition coefficient (Wildman–Crippen LogP) is 2.40. The lowest BCUT2D eigenvalue weighted by Crippen LogP contribution is -2.54. The molecule has 3 amide bonds. The molecule has 2 saturated heterocycles.